The van der Waals surface area contributed by atoms with Gasteiger partial charge in [0, 0.05) is 11.0 Å². The Bertz CT molecular complexity index is 993. The van der Waals surface area contributed by atoms with Crippen LogP contribution in [0.4, 0.5) is 4.39 Å². The molecule has 1 aliphatic rings. The van der Waals surface area contributed by atoms with E-state index in [1.54, 1.807) is 0 Å². The fourth-order valence-corrected chi connectivity index (χ4v) is 3.49. The number of benzene rings is 1. The predicted molar refractivity (Wildman–Crippen MR) is 103 cm³/mol. The van der Waals surface area contributed by atoms with Gasteiger partial charge in [0.2, 0.25) is 15.9 Å². The summed E-state index contributed by atoms with van der Waals surface area (Å²) >= 11 is 0. The van der Waals surface area contributed by atoms with Gasteiger partial charge in [0.05, 0.1) is 24.0 Å². The first-order valence-corrected chi connectivity index (χ1v) is 10.1. The summed E-state index contributed by atoms with van der Waals surface area (Å²) in [5.41, 5.74) is -0.0537. The molecular formula is C18H22BFN2O5S. The topological polar surface area (TPSA) is 101 Å². The predicted octanol–water partition coefficient (Wildman–Crippen LogP) is 1.84. The summed E-state index contributed by atoms with van der Waals surface area (Å²) in [4.78, 5) is 4.05. The molecule has 2 N–H and O–H groups in total. The van der Waals surface area contributed by atoms with Crippen molar-refractivity contribution in [2.45, 2.75) is 43.8 Å². The maximum Gasteiger partial charge on any atom is 0.497 e. The van der Waals surface area contributed by atoms with Crippen molar-refractivity contribution in [3.63, 3.8) is 0 Å². The Morgan fingerprint density at radius 1 is 1.11 bits per heavy atom. The molecule has 0 radical (unpaired) electrons. The number of sulfonamides is 1. The van der Waals surface area contributed by atoms with Crippen LogP contribution >= 0.6 is 0 Å². The number of primary sulfonamides is 1. The zero-order valence-corrected chi connectivity index (χ0v) is 17.1. The highest BCUT2D eigenvalue weighted by Crippen LogP contribution is 2.38. The molecule has 150 valence electrons. The van der Waals surface area contributed by atoms with Crippen molar-refractivity contribution in [1.29, 1.82) is 0 Å². The number of methoxy groups -OCH3 is 1. The van der Waals surface area contributed by atoms with E-state index in [4.69, 9.17) is 19.2 Å². The molecule has 2 aromatic rings. The molecule has 0 bridgehead atoms. The Morgan fingerprint density at radius 2 is 1.64 bits per heavy atom. The average Bonchev–Trinajstić information content (AvgIpc) is 2.81. The molecule has 7 nitrogen and oxygen atoms in total. The van der Waals surface area contributed by atoms with Crippen LogP contribution in [0.1, 0.15) is 27.7 Å². The molecule has 2 heterocycles. The second-order valence-electron chi connectivity index (χ2n) is 7.57. The van der Waals surface area contributed by atoms with E-state index in [1.165, 1.54) is 37.4 Å². The smallest absolute Gasteiger partial charge is 0.480 e. The van der Waals surface area contributed by atoms with Crippen LogP contribution in [0.3, 0.4) is 0 Å². The van der Waals surface area contributed by atoms with E-state index in [-0.39, 0.29) is 10.8 Å². The van der Waals surface area contributed by atoms with Gasteiger partial charge < -0.3 is 14.0 Å². The molecule has 0 atom stereocenters. The normalized spacial score (nSPS) is 18.3. The molecular weight excluding hydrogens is 386 g/mol. The Hall–Kier alpha value is -2.01. The quantitative estimate of drug-likeness (QED) is 0.775. The summed E-state index contributed by atoms with van der Waals surface area (Å²) in [6.07, 6.45) is 0. The largest absolute Gasteiger partial charge is 0.497 e. The van der Waals surface area contributed by atoms with Gasteiger partial charge in [-0.2, -0.15) is 0 Å². The van der Waals surface area contributed by atoms with Gasteiger partial charge in [0.25, 0.3) is 0 Å². The van der Waals surface area contributed by atoms with Crippen LogP contribution in [-0.4, -0.2) is 38.8 Å². The van der Waals surface area contributed by atoms with Gasteiger partial charge in [-0.05, 0) is 58.0 Å². The van der Waals surface area contributed by atoms with Crippen molar-refractivity contribution in [2.75, 3.05) is 7.11 Å². The molecule has 1 saturated heterocycles. The lowest BCUT2D eigenvalue weighted by Crippen LogP contribution is -2.41. The number of rotatable bonds is 4. The monoisotopic (exact) mass is 408 g/mol. The second-order valence-corrected chi connectivity index (χ2v) is 9.10. The van der Waals surface area contributed by atoms with Gasteiger partial charge in [-0.3, -0.25) is 0 Å². The van der Waals surface area contributed by atoms with Crippen LogP contribution in [0.15, 0.2) is 35.2 Å². The summed E-state index contributed by atoms with van der Waals surface area (Å²) in [7, 11) is -3.73. The minimum Gasteiger partial charge on any atom is -0.480 e. The highest BCUT2D eigenvalue weighted by Gasteiger charge is 2.52. The molecule has 3 rings (SSSR count). The van der Waals surface area contributed by atoms with E-state index in [2.05, 4.69) is 4.98 Å². The molecule has 0 spiro atoms. The van der Waals surface area contributed by atoms with Crippen molar-refractivity contribution < 1.29 is 26.9 Å². The lowest BCUT2D eigenvalue weighted by molar-refractivity contribution is 0.00578. The number of aromatic nitrogens is 1. The maximum absolute atomic E-state index is 13.4. The highest BCUT2D eigenvalue weighted by atomic mass is 32.2. The number of nitrogens with zero attached hydrogens (tertiary/aromatic N) is 1. The fraction of sp³-hybridized carbons (Fsp3) is 0.389. The lowest BCUT2D eigenvalue weighted by Gasteiger charge is -2.32. The summed E-state index contributed by atoms with van der Waals surface area (Å²) < 4.78 is 54.7. The summed E-state index contributed by atoms with van der Waals surface area (Å²) in [5, 5.41) is 5.34. The molecule has 1 aromatic carbocycles. The van der Waals surface area contributed by atoms with E-state index >= 15 is 0 Å². The molecule has 1 aliphatic heterocycles. The van der Waals surface area contributed by atoms with Gasteiger partial charge in [0.15, 0.2) is 0 Å². The molecule has 0 unspecified atom stereocenters. The molecule has 10 heteroatoms. The van der Waals surface area contributed by atoms with Crippen molar-refractivity contribution in [3.05, 3.63) is 36.1 Å². The van der Waals surface area contributed by atoms with Gasteiger partial charge in [0.1, 0.15) is 10.7 Å². The zero-order valence-electron chi connectivity index (χ0n) is 16.3. The number of halogens is 1. The third-order valence-corrected chi connectivity index (χ3v) is 6.01. The van der Waals surface area contributed by atoms with E-state index in [0.29, 0.717) is 16.7 Å². The van der Waals surface area contributed by atoms with E-state index in [0.717, 1.165) is 0 Å². The van der Waals surface area contributed by atoms with Crippen LogP contribution in [0.2, 0.25) is 0 Å². The van der Waals surface area contributed by atoms with E-state index < -0.39 is 34.2 Å². The van der Waals surface area contributed by atoms with Crippen molar-refractivity contribution in [3.8, 4) is 17.1 Å². The van der Waals surface area contributed by atoms with Crippen LogP contribution in [0.25, 0.3) is 11.3 Å². The first kappa shape index (κ1) is 20.7. The second kappa shape index (κ2) is 6.80. The minimum atomic E-state index is -4.12. The summed E-state index contributed by atoms with van der Waals surface area (Å²) in [5.74, 6) is -0.573. The number of hydrogen-bond donors (Lipinski definition) is 1. The van der Waals surface area contributed by atoms with Crippen LogP contribution in [0, 0.1) is 5.82 Å². The van der Waals surface area contributed by atoms with Crippen molar-refractivity contribution in [1.82, 2.24) is 4.98 Å². The lowest BCUT2D eigenvalue weighted by atomic mass is 9.76. The van der Waals surface area contributed by atoms with Crippen LogP contribution < -0.4 is 15.3 Å². The van der Waals surface area contributed by atoms with Gasteiger partial charge in [-0.25, -0.2) is 22.9 Å². The first-order chi connectivity index (χ1) is 12.9. The minimum absolute atomic E-state index is 0.165. The Morgan fingerprint density at radius 3 is 2.11 bits per heavy atom. The third-order valence-electron chi connectivity index (χ3n) is 5.11. The van der Waals surface area contributed by atoms with Gasteiger partial charge in [-0.15, -0.1) is 0 Å². The van der Waals surface area contributed by atoms with Crippen molar-refractivity contribution >= 4 is 22.6 Å². The first-order valence-electron chi connectivity index (χ1n) is 8.59. The molecule has 1 aromatic heterocycles. The number of ether oxygens (including phenoxy) is 1. The SMILES string of the molecule is COc1nc(-c2ccc(F)cc2)c(B2OC(C)(C)C(C)(C)O2)cc1S(N)(=O)=O. The maximum atomic E-state index is 13.4. The Balaban J connectivity index is 2.25. The molecule has 0 amide bonds. The number of nitrogens with two attached hydrogens (primary N) is 1. The Kier molecular flexibility index (Phi) is 5.03. The number of pyridine rings is 1. The molecule has 1 fully saturated rings. The molecule has 0 saturated carbocycles. The zero-order chi connectivity index (χ0) is 20.9. The Labute approximate surface area is 164 Å². The van der Waals surface area contributed by atoms with E-state index in [9.17, 15) is 12.8 Å². The molecule has 0 aliphatic carbocycles. The average molecular weight is 408 g/mol. The number of hydrogen-bond acceptors (Lipinski definition) is 6. The molecule has 28 heavy (non-hydrogen) atoms. The highest BCUT2D eigenvalue weighted by molar-refractivity contribution is 7.89. The van der Waals surface area contributed by atoms with Crippen LogP contribution in [0.5, 0.6) is 5.88 Å². The van der Waals surface area contributed by atoms with Crippen molar-refractivity contribution in [2.24, 2.45) is 5.14 Å². The summed E-state index contributed by atoms with van der Waals surface area (Å²) in [6, 6.07) is 6.96. The van der Waals surface area contributed by atoms with Gasteiger partial charge >= 0.3 is 7.12 Å². The fourth-order valence-electron chi connectivity index (χ4n) is 2.83. The van der Waals surface area contributed by atoms with E-state index in [1.807, 2.05) is 27.7 Å². The van der Waals surface area contributed by atoms with Gasteiger partial charge in [-0.1, -0.05) is 0 Å². The third kappa shape index (κ3) is 3.65. The standard InChI is InChI=1S/C18H22BFN2O5S/c1-17(2)18(3,4)27-19(26-17)13-10-14(28(21,23)24)16(25-5)22-15(13)11-6-8-12(20)9-7-11/h6-10H,1-5H3,(H2,21,23,24). The van der Waals surface area contributed by atoms with Crippen LogP contribution in [-0.2, 0) is 19.3 Å². The summed E-state index contributed by atoms with van der Waals surface area (Å²) in [6.45, 7) is 7.51.